The number of aliphatic hydroxyl groups excluding tert-OH is 1. The SMILES string of the molecule is C=CCOc1ccc(C(O)=C2C(=O)C(=O)N(CCOC)C2c2ccc(OCC)cc2)cc1. The minimum Gasteiger partial charge on any atom is -0.507 e. The fourth-order valence-electron chi connectivity index (χ4n) is 3.58. The van der Waals surface area contributed by atoms with Crippen LogP contribution in [0.4, 0.5) is 0 Å². The summed E-state index contributed by atoms with van der Waals surface area (Å²) in [6, 6.07) is 13.1. The van der Waals surface area contributed by atoms with Crippen LogP contribution < -0.4 is 9.47 Å². The van der Waals surface area contributed by atoms with Gasteiger partial charge in [-0.1, -0.05) is 24.8 Å². The maximum Gasteiger partial charge on any atom is 0.295 e. The van der Waals surface area contributed by atoms with Crippen LogP contribution in [0, 0.1) is 0 Å². The second-order valence-corrected chi connectivity index (χ2v) is 7.11. The molecule has 1 N–H and O–H groups in total. The molecule has 1 aliphatic rings. The van der Waals surface area contributed by atoms with Crippen molar-refractivity contribution in [2.75, 3.05) is 33.5 Å². The zero-order chi connectivity index (χ0) is 23.1. The van der Waals surface area contributed by atoms with Gasteiger partial charge in [0, 0.05) is 19.2 Å². The van der Waals surface area contributed by atoms with Crippen molar-refractivity contribution in [3.8, 4) is 11.5 Å². The van der Waals surface area contributed by atoms with Crippen LogP contribution in [0.2, 0.25) is 0 Å². The summed E-state index contributed by atoms with van der Waals surface area (Å²) >= 11 is 0. The summed E-state index contributed by atoms with van der Waals surface area (Å²) in [7, 11) is 1.53. The number of carbonyl (C=O) groups excluding carboxylic acids is 2. The van der Waals surface area contributed by atoms with E-state index in [0.717, 1.165) is 0 Å². The van der Waals surface area contributed by atoms with Crippen LogP contribution in [-0.4, -0.2) is 55.2 Å². The molecule has 0 saturated carbocycles. The molecule has 0 radical (unpaired) electrons. The first-order valence-electron chi connectivity index (χ1n) is 10.4. The number of rotatable bonds is 10. The number of aliphatic hydroxyl groups is 1. The van der Waals surface area contributed by atoms with E-state index in [1.54, 1.807) is 54.6 Å². The molecule has 32 heavy (non-hydrogen) atoms. The highest BCUT2D eigenvalue weighted by Crippen LogP contribution is 2.39. The molecule has 7 heteroatoms. The number of carbonyl (C=O) groups is 2. The average molecular weight is 437 g/mol. The number of likely N-dealkylation sites (tertiary alicyclic amines) is 1. The summed E-state index contributed by atoms with van der Waals surface area (Å²) in [5.74, 6) is -0.361. The summed E-state index contributed by atoms with van der Waals surface area (Å²) in [4.78, 5) is 27.2. The maximum atomic E-state index is 12.9. The molecule has 1 unspecified atom stereocenters. The Labute approximate surface area is 187 Å². The van der Waals surface area contributed by atoms with Gasteiger partial charge in [-0.05, 0) is 48.9 Å². The van der Waals surface area contributed by atoms with Crippen molar-refractivity contribution >= 4 is 17.4 Å². The lowest BCUT2D eigenvalue weighted by Gasteiger charge is -2.25. The minimum atomic E-state index is -0.738. The van der Waals surface area contributed by atoms with Gasteiger partial charge in [0.15, 0.2) is 0 Å². The van der Waals surface area contributed by atoms with Gasteiger partial charge in [-0.25, -0.2) is 0 Å². The van der Waals surface area contributed by atoms with Gasteiger partial charge in [0.25, 0.3) is 11.7 Å². The Balaban J connectivity index is 2.04. The topological polar surface area (TPSA) is 85.3 Å². The summed E-state index contributed by atoms with van der Waals surface area (Å²) in [5.41, 5.74) is 1.14. The maximum absolute atomic E-state index is 12.9. The van der Waals surface area contributed by atoms with Gasteiger partial charge in [-0.3, -0.25) is 9.59 Å². The minimum absolute atomic E-state index is 0.0371. The lowest BCUT2D eigenvalue weighted by Crippen LogP contribution is -2.32. The van der Waals surface area contributed by atoms with E-state index >= 15 is 0 Å². The predicted octanol–water partition coefficient (Wildman–Crippen LogP) is 3.72. The van der Waals surface area contributed by atoms with E-state index in [2.05, 4.69) is 6.58 Å². The number of hydrogen-bond acceptors (Lipinski definition) is 6. The number of methoxy groups -OCH3 is 1. The second kappa shape index (κ2) is 10.6. The normalized spacial score (nSPS) is 17.4. The fourth-order valence-corrected chi connectivity index (χ4v) is 3.58. The van der Waals surface area contributed by atoms with E-state index in [4.69, 9.17) is 14.2 Å². The van der Waals surface area contributed by atoms with Crippen LogP contribution in [0.25, 0.3) is 5.76 Å². The van der Waals surface area contributed by atoms with Crippen molar-refractivity contribution in [2.24, 2.45) is 0 Å². The summed E-state index contributed by atoms with van der Waals surface area (Å²) in [6.07, 6.45) is 1.63. The Morgan fingerprint density at radius 2 is 1.69 bits per heavy atom. The molecule has 0 spiro atoms. The Hall–Kier alpha value is -3.58. The van der Waals surface area contributed by atoms with Crippen LogP contribution in [-0.2, 0) is 14.3 Å². The van der Waals surface area contributed by atoms with Crippen LogP contribution in [0.1, 0.15) is 24.1 Å². The first-order valence-corrected chi connectivity index (χ1v) is 10.4. The third-order valence-corrected chi connectivity index (χ3v) is 5.08. The predicted molar refractivity (Wildman–Crippen MR) is 121 cm³/mol. The Morgan fingerprint density at radius 1 is 1.06 bits per heavy atom. The monoisotopic (exact) mass is 437 g/mol. The van der Waals surface area contributed by atoms with Crippen molar-refractivity contribution < 1.29 is 28.9 Å². The third kappa shape index (κ3) is 4.84. The lowest BCUT2D eigenvalue weighted by molar-refractivity contribution is -0.140. The van der Waals surface area contributed by atoms with Gasteiger partial charge in [-0.15, -0.1) is 0 Å². The molecule has 1 aliphatic heterocycles. The number of nitrogens with zero attached hydrogens (tertiary/aromatic N) is 1. The number of hydrogen-bond donors (Lipinski definition) is 1. The first-order chi connectivity index (χ1) is 15.5. The standard InChI is InChI=1S/C25H27NO6/c1-4-15-32-20-12-8-18(9-13-20)23(27)21-22(17-6-10-19(11-7-17)31-5-2)26(14-16-30-3)25(29)24(21)28/h4,6-13,22,27H,1,5,14-16H2,2-3H3. The average Bonchev–Trinajstić information content (AvgIpc) is 3.06. The van der Waals surface area contributed by atoms with Gasteiger partial charge in [0.05, 0.1) is 24.8 Å². The van der Waals surface area contributed by atoms with Crippen LogP contribution in [0.15, 0.2) is 66.8 Å². The molecule has 3 rings (SSSR count). The molecule has 1 saturated heterocycles. The van der Waals surface area contributed by atoms with Gasteiger partial charge in [0.2, 0.25) is 0 Å². The number of ether oxygens (including phenoxy) is 3. The molecule has 1 fully saturated rings. The smallest absolute Gasteiger partial charge is 0.295 e. The van der Waals surface area contributed by atoms with Crippen LogP contribution in [0.3, 0.4) is 0 Å². The highest BCUT2D eigenvalue weighted by Gasteiger charge is 2.45. The zero-order valence-corrected chi connectivity index (χ0v) is 18.2. The van der Waals surface area contributed by atoms with E-state index in [0.29, 0.717) is 35.8 Å². The van der Waals surface area contributed by atoms with Crippen molar-refractivity contribution in [1.29, 1.82) is 0 Å². The molecule has 0 bridgehead atoms. The number of Topliss-reactive ketones (excluding diaryl/α,β-unsaturated/α-hetero) is 1. The molecule has 1 amide bonds. The molecule has 7 nitrogen and oxygen atoms in total. The van der Waals surface area contributed by atoms with E-state index in [-0.39, 0.29) is 24.5 Å². The van der Waals surface area contributed by atoms with Crippen LogP contribution in [0.5, 0.6) is 11.5 Å². The van der Waals surface area contributed by atoms with Gasteiger partial charge < -0.3 is 24.2 Å². The second-order valence-electron chi connectivity index (χ2n) is 7.11. The molecule has 2 aromatic carbocycles. The van der Waals surface area contributed by atoms with Gasteiger partial charge in [-0.2, -0.15) is 0 Å². The summed E-state index contributed by atoms with van der Waals surface area (Å²) in [5, 5.41) is 11.1. The van der Waals surface area contributed by atoms with Gasteiger partial charge >= 0.3 is 0 Å². The highest BCUT2D eigenvalue weighted by atomic mass is 16.5. The number of ketones is 1. The van der Waals surface area contributed by atoms with E-state index < -0.39 is 17.7 Å². The Bertz CT molecular complexity index is 994. The highest BCUT2D eigenvalue weighted by molar-refractivity contribution is 6.46. The first kappa shape index (κ1) is 23.1. The van der Waals surface area contributed by atoms with Crippen molar-refractivity contribution in [2.45, 2.75) is 13.0 Å². The van der Waals surface area contributed by atoms with E-state index in [1.807, 2.05) is 6.92 Å². The summed E-state index contributed by atoms with van der Waals surface area (Å²) in [6.45, 7) is 6.85. The molecule has 0 aromatic heterocycles. The third-order valence-electron chi connectivity index (χ3n) is 5.08. The zero-order valence-electron chi connectivity index (χ0n) is 18.2. The van der Waals surface area contributed by atoms with E-state index in [1.165, 1.54) is 12.0 Å². The van der Waals surface area contributed by atoms with Gasteiger partial charge in [0.1, 0.15) is 23.9 Å². The van der Waals surface area contributed by atoms with Crippen LogP contribution >= 0.6 is 0 Å². The summed E-state index contributed by atoms with van der Waals surface area (Å²) < 4.78 is 16.1. The lowest BCUT2D eigenvalue weighted by atomic mass is 9.95. The van der Waals surface area contributed by atoms with Crippen molar-refractivity contribution in [1.82, 2.24) is 4.90 Å². The molecular formula is C25H27NO6. The van der Waals surface area contributed by atoms with Crippen molar-refractivity contribution in [3.63, 3.8) is 0 Å². The number of benzene rings is 2. The molecule has 1 heterocycles. The largest absolute Gasteiger partial charge is 0.507 e. The molecule has 0 aliphatic carbocycles. The fraction of sp³-hybridized carbons (Fsp3) is 0.280. The molecular weight excluding hydrogens is 410 g/mol. The van der Waals surface area contributed by atoms with Crippen molar-refractivity contribution in [3.05, 3.63) is 77.9 Å². The number of amides is 1. The Morgan fingerprint density at radius 3 is 2.28 bits per heavy atom. The van der Waals surface area contributed by atoms with E-state index in [9.17, 15) is 14.7 Å². The molecule has 2 aromatic rings. The molecule has 1 atom stereocenters. The quantitative estimate of drug-likeness (QED) is 0.264. The Kier molecular flexibility index (Phi) is 7.68. The molecule has 168 valence electrons.